The third-order valence-electron chi connectivity index (χ3n) is 2.76. The van der Waals surface area contributed by atoms with E-state index in [4.69, 9.17) is 4.74 Å². The first kappa shape index (κ1) is 12.9. The normalized spacial score (nSPS) is 10.1. The highest BCUT2D eigenvalue weighted by atomic mass is 35.5. The van der Waals surface area contributed by atoms with Gasteiger partial charge >= 0.3 is 0 Å². The van der Waals surface area contributed by atoms with E-state index in [2.05, 4.69) is 28.6 Å². The number of halogens is 1. The number of hydrogen-bond acceptors (Lipinski definition) is 3. The number of hydrogen-bond donors (Lipinski definition) is 0. The largest absolute Gasteiger partial charge is 0.497 e. The smallest absolute Gasteiger partial charge is 0.120 e. The molecule has 3 rings (SSSR count). The SMILES string of the molecule is COc1ccc2c(-c3cccnc3)csc2c1.Cl. The number of pyridine rings is 1. The zero-order chi connectivity index (χ0) is 11.7. The summed E-state index contributed by atoms with van der Waals surface area (Å²) in [6.07, 6.45) is 3.69. The lowest BCUT2D eigenvalue weighted by molar-refractivity contribution is 0.415. The standard InChI is InChI=1S/C14H11NOS.ClH/c1-16-11-4-5-12-13(9-17-14(12)7-11)10-3-2-6-15-8-10;/h2-9H,1H3;1H. The maximum Gasteiger partial charge on any atom is 0.120 e. The van der Waals surface area contributed by atoms with Gasteiger partial charge in [0.15, 0.2) is 0 Å². The summed E-state index contributed by atoms with van der Waals surface area (Å²) < 4.78 is 6.47. The van der Waals surface area contributed by atoms with Gasteiger partial charge in [-0.3, -0.25) is 4.98 Å². The quantitative estimate of drug-likeness (QED) is 0.693. The predicted octanol–water partition coefficient (Wildman–Crippen LogP) is 4.39. The molecule has 0 aliphatic carbocycles. The van der Waals surface area contributed by atoms with Gasteiger partial charge in [0.2, 0.25) is 0 Å². The second kappa shape index (κ2) is 5.38. The summed E-state index contributed by atoms with van der Waals surface area (Å²) in [6.45, 7) is 0. The molecular weight excluding hydrogens is 266 g/mol. The van der Waals surface area contributed by atoms with Crippen LogP contribution in [0.3, 0.4) is 0 Å². The zero-order valence-electron chi connectivity index (χ0n) is 9.79. The van der Waals surface area contributed by atoms with Crippen molar-refractivity contribution in [2.75, 3.05) is 7.11 Å². The van der Waals surface area contributed by atoms with Gasteiger partial charge in [0.05, 0.1) is 7.11 Å². The van der Waals surface area contributed by atoms with E-state index in [9.17, 15) is 0 Å². The Morgan fingerprint density at radius 3 is 2.83 bits per heavy atom. The van der Waals surface area contributed by atoms with Gasteiger partial charge in [0.1, 0.15) is 5.75 Å². The summed E-state index contributed by atoms with van der Waals surface area (Å²) in [4.78, 5) is 4.16. The zero-order valence-corrected chi connectivity index (χ0v) is 11.4. The average molecular weight is 278 g/mol. The van der Waals surface area contributed by atoms with Crippen LogP contribution >= 0.6 is 23.7 Å². The molecule has 3 aromatic rings. The number of methoxy groups -OCH3 is 1. The summed E-state index contributed by atoms with van der Waals surface area (Å²) in [5, 5.41) is 3.42. The van der Waals surface area contributed by atoms with Crippen molar-refractivity contribution >= 4 is 33.8 Å². The summed E-state index contributed by atoms with van der Waals surface area (Å²) in [6, 6.07) is 10.2. The lowest BCUT2D eigenvalue weighted by atomic mass is 10.1. The van der Waals surface area contributed by atoms with Crippen molar-refractivity contribution < 1.29 is 4.74 Å². The molecule has 0 radical (unpaired) electrons. The fraction of sp³-hybridized carbons (Fsp3) is 0.0714. The van der Waals surface area contributed by atoms with Crippen LogP contribution in [0.4, 0.5) is 0 Å². The number of benzene rings is 1. The molecule has 0 spiro atoms. The monoisotopic (exact) mass is 277 g/mol. The van der Waals surface area contributed by atoms with Gasteiger partial charge in [-0.05, 0) is 29.6 Å². The Morgan fingerprint density at radius 2 is 2.11 bits per heavy atom. The number of aromatic nitrogens is 1. The van der Waals surface area contributed by atoms with Crippen molar-refractivity contribution in [2.45, 2.75) is 0 Å². The fourth-order valence-corrected chi connectivity index (χ4v) is 2.88. The van der Waals surface area contributed by atoms with Crippen molar-refractivity contribution in [3.05, 3.63) is 48.1 Å². The van der Waals surface area contributed by atoms with E-state index < -0.39 is 0 Å². The average Bonchev–Trinajstić information content (AvgIpc) is 2.82. The first-order chi connectivity index (χ1) is 8.38. The lowest BCUT2D eigenvalue weighted by Gasteiger charge is -2.01. The van der Waals surface area contributed by atoms with E-state index in [1.165, 1.54) is 15.6 Å². The maximum absolute atomic E-state index is 5.23. The third kappa shape index (κ3) is 2.19. The van der Waals surface area contributed by atoms with Gasteiger partial charge < -0.3 is 4.74 Å². The highest BCUT2D eigenvalue weighted by Gasteiger charge is 2.06. The first-order valence-corrected chi connectivity index (χ1v) is 6.22. The molecule has 0 saturated carbocycles. The number of ether oxygens (including phenoxy) is 1. The number of rotatable bonds is 2. The van der Waals surface area contributed by atoms with Crippen LogP contribution < -0.4 is 4.74 Å². The second-order valence-corrected chi connectivity index (χ2v) is 4.66. The molecule has 2 aromatic heterocycles. The molecule has 0 N–H and O–H groups in total. The first-order valence-electron chi connectivity index (χ1n) is 5.34. The number of fused-ring (bicyclic) bond motifs is 1. The Hall–Kier alpha value is -1.58. The Balaban J connectivity index is 0.00000120. The van der Waals surface area contributed by atoms with E-state index >= 15 is 0 Å². The van der Waals surface area contributed by atoms with E-state index in [1.54, 1.807) is 24.6 Å². The minimum absolute atomic E-state index is 0. The van der Waals surface area contributed by atoms with E-state index in [1.807, 2.05) is 18.3 Å². The topological polar surface area (TPSA) is 22.1 Å². The van der Waals surface area contributed by atoms with Crippen molar-refractivity contribution in [1.82, 2.24) is 4.98 Å². The van der Waals surface area contributed by atoms with Crippen LogP contribution in [0.2, 0.25) is 0 Å². The maximum atomic E-state index is 5.23. The van der Waals surface area contributed by atoms with Crippen LogP contribution in [0.5, 0.6) is 5.75 Å². The van der Waals surface area contributed by atoms with E-state index in [0.29, 0.717) is 0 Å². The minimum atomic E-state index is 0. The molecule has 92 valence electrons. The van der Waals surface area contributed by atoms with Crippen LogP contribution in [-0.4, -0.2) is 12.1 Å². The van der Waals surface area contributed by atoms with Crippen LogP contribution in [0.1, 0.15) is 0 Å². The minimum Gasteiger partial charge on any atom is -0.497 e. The summed E-state index contributed by atoms with van der Waals surface area (Å²) >= 11 is 1.73. The Bertz CT molecular complexity index is 651. The Morgan fingerprint density at radius 1 is 1.22 bits per heavy atom. The van der Waals surface area contributed by atoms with Crippen LogP contribution in [0, 0.1) is 0 Å². The molecule has 0 unspecified atom stereocenters. The van der Waals surface area contributed by atoms with Crippen molar-refractivity contribution in [2.24, 2.45) is 0 Å². The van der Waals surface area contributed by atoms with Crippen molar-refractivity contribution in [3.63, 3.8) is 0 Å². The van der Waals surface area contributed by atoms with E-state index in [0.717, 1.165) is 11.3 Å². The van der Waals surface area contributed by atoms with Gasteiger partial charge in [-0.15, -0.1) is 23.7 Å². The van der Waals surface area contributed by atoms with Crippen molar-refractivity contribution in [3.8, 4) is 16.9 Å². The molecule has 0 atom stereocenters. The summed E-state index contributed by atoms with van der Waals surface area (Å²) in [5.41, 5.74) is 2.39. The van der Waals surface area contributed by atoms with Gasteiger partial charge in [0, 0.05) is 33.6 Å². The highest BCUT2D eigenvalue weighted by molar-refractivity contribution is 7.17. The van der Waals surface area contributed by atoms with Crippen LogP contribution in [0.15, 0.2) is 48.1 Å². The second-order valence-electron chi connectivity index (χ2n) is 3.75. The summed E-state index contributed by atoms with van der Waals surface area (Å²) in [5.74, 6) is 0.900. The molecule has 0 amide bonds. The van der Waals surface area contributed by atoms with Gasteiger partial charge in [-0.25, -0.2) is 0 Å². The van der Waals surface area contributed by atoms with Gasteiger partial charge in [-0.1, -0.05) is 6.07 Å². The lowest BCUT2D eigenvalue weighted by Crippen LogP contribution is -1.81. The molecule has 0 bridgehead atoms. The molecule has 0 aliphatic rings. The number of thiophene rings is 1. The molecule has 0 aliphatic heterocycles. The fourth-order valence-electron chi connectivity index (χ4n) is 1.88. The predicted molar refractivity (Wildman–Crippen MR) is 78.9 cm³/mol. The molecule has 2 heterocycles. The van der Waals surface area contributed by atoms with Gasteiger partial charge in [-0.2, -0.15) is 0 Å². The molecule has 0 saturated heterocycles. The Kier molecular flexibility index (Phi) is 3.84. The molecular formula is C14H12ClNOS. The molecule has 2 nitrogen and oxygen atoms in total. The third-order valence-corrected chi connectivity index (χ3v) is 3.70. The number of nitrogens with zero attached hydrogens (tertiary/aromatic N) is 1. The van der Waals surface area contributed by atoms with Gasteiger partial charge in [0.25, 0.3) is 0 Å². The molecule has 18 heavy (non-hydrogen) atoms. The van der Waals surface area contributed by atoms with Crippen LogP contribution in [0.25, 0.3) is 21.2 Å². The van der Waals surface area contributed by atoms with Crippen molar-refractivity contribution in [1.29, 1.82) is 0 Å². The highest BCUT2D eigenvalue weighted by Crippen LogP contribution is 2.35. The molecule has 1 aromatic carbocycles. The van der Waals surface area contributed by atoms with Crippen LogP contribution in [-0.2, 0) is 0 Å². The summed E-state index contributed by atoms with van der Waals surface area (Å²) in [7, 11) is 1.69. The molecule has 4 heteroatoms. The molecule has 0 fully saturated rings. The van der Waals surface area contributed by atoms with E-state index in [-0.39, 0.29) is 12.4 Å². The Labute approximate surface area is 116 Å².